The lowest BCUT2D eigenvalue weighted by atomic mass is 10.2. The van der Waals surface area contributed by atoms with Crippen molar-refractivity contribution >= 4 is 10.0 Å². The Labute approximate surface area is 104 Å². The molecule has 17 heavy (non-hydrogen) atoms. The molecule has 0 aromatic rings. The number of hydrogen-bond donors (Lipinski definition) is 1. The van der Waals surface area contributed by atoms with Crippen LogP contribution in [0.1, 0.15) is 33.1 Å². The third kappa shape index (κ3) is 3.41. The fourth-order valence-electron chi connectivity index (χ4n) is 2.12. The first-order valence-electron chi connectivity index (χ1n) is 6.18. The minimum atomic E-state index is -3.47. The summed E-state index contributed by atoms with van der Waals surface area (Å²) in [5, 5.41) is 11.3. The fourth-order valence-corrected chi connectivity index (χ4v) is 3.78. The van der Waals surface area contributed by atoms with Crippen LogP contribution in [0.15, 0.2) is 0 Å². The molecule has 0 bridgehead atoms. The smallest absolute Gasteiger partial charge is 0.230 e. The molecule has 0 amide bonds. The molecular weight excluding hydrogens is 238 g/mol. The molecule has 2 unspecified atom stereocenters. The van der Waals surface area contributed by atoms with E-state index in [-0.39, 0.29) is 6.04 Å². The standard InChI is InChI=1S/C11H21N3O2S/c1-3-11(8-12)17(15,16)14(4-2)9-10-6-5-7-13-10/h10-11,13H,3-7,9H2,1-2H3. The van der Waals surface area contributed by atoms with Gasteiger partial charge in [0.2, 0.25) is 10.0 Å². The number of nitrogens with zero attached hydrogens (tertiary/aromatic N) is 2. The zero-order valence-electron chi connectivity index (χ0n) is 10.5. The molecule has 5 nitrogen and oxygen atoms in total. The average Bonchev–Trinajstić information content (AvgIpc) is 2.79. The van der Waals surface area contributed by atoms with E-state index < -0.39 is 15.3 Å². The van der Waals surface area contributed by atoms with Crippen molar-refractivity contribution in [1.29, 1.82) is 5.26 Å². The van der Waals surface area contributed by atoms with Crippen molar-refractivity contribution in [3.63, 3.8) is 0 Å². The Kier molecular flexibility index (Phi) is 5.37. The molecule has 0 saturated carbocycles. The van der Waals surface area contributed by atoms with Gasteiger partial charge in [-0.15, -0.1) is 0 Å². The minimum Gasteiger partial charge on any atom is -0.313 e. The highest BCUT2D eigenvalue weighted by Crippen LogP contribution is 2.15. The number of nitriles is 1. The van der Waals surface area contributed by atoms with Crippen LogP contribution >= 0.6 is 0 Å². The molecular formula is C11H21N3O2S. The van der Waals surface area contributed by atoms with E-state index in [1.807, 2.05) is 13.0 Å². The molecule has 1 saturated heterocycles. The van der Waals surface area contributed by atoms with Crippen molar-refractivity contribution < 1.29 is 8.42 Å². The summed E-state index contributed by atoms with van der Waals surface area (Å²) in [6.07, 6.45) is 2.44. The minimum absolute atomic E-state index is 0.237. The topological polar surface area (TPSA) is 73.2 Å². The quantitative estimate of drug-likeness (QED) is 0.762. The molecule has 1 heterocycles. The summed E-state index contributed by atoms with van der Waals surface area (Å²) >= 11 is 0. The molecule has 1 N–H and O–H groups in total. The molecule has 0 aromatic heterocycles. The van der Waals surface area contributed by atoms with Crippen LogP contribution in [0.5, 0.6) is 0 Å². The van der Waals surface area contributed by atoms with E-state index in [1.54, 1.807) is 6.92 Å². The second kappa shape index (κ2) is 6.34. The predicted octanol–water partition coefficient (Wildman–Crippen LogP) is 0.692. The van der Waals surface area contributed by atoms with Gasteiger partial charge in [0, 0.05) is 19.1 Å². The highest BCUT2D eigenvalue weighted by atomic mass is 32.2. The Hall–Kier alpha value is -0.640. The summed E-state index contributed by atoms with van der Waals surface area (Å²) in [7, 11) is -3.47. The SMILES string of the molecule is CCC(C#N)S(=O)(=O)N(CC)CC1CCCN1. The van der Waals surface area contributed by atoms with Gasteiger partial charge < -0.3 is 5.32 Å². The number of rotatable bonds is 6. The van der Waals surface area contributed by atoms with Crippen molar-refractivity contribution in [1.82, 2.24) is 9.62 Å². The van der Waals surface area contributed by atoms with E-state index in [0.29, 0.717) is 19.5 Å². The fraction of sp³-hybridized carbons (Fsp3) is 0.909. The van der Waals surface area contributed by atoms with E-state index in [0.717, 1.165) is 19.4 Å². The number of nitrogens with one attached hydrogen (secondary N) is 1. The molecule has 0 aliphatic carbocycles. The molecule has 6 heteroatoms. The zero-order chi connectivity index (χ0) is 12.9. The summed E-state index contributed by atoms with van der Waals surface area (Å²) in [5.41, 5.74) is 0. The van der Waals surface area contributed by atoms with Gasteiger partial charge in [0.25, 0.3) is 0 Å². The van der Waals surface area contributed by atoms with E-state index in [1.165, 1.54) is 4.31 Å². The van der Waals surface area contributed by atoms with Crippen molar-refractivity contribution in [2.75, 3.05) is 19.6 Å². The first kappa shape index (κ1) is 14.4. The van der Waals surface area contributed by atoms with Crippen LogP contribution in [0.4, 0.5) is 0 Å². The molecule has 0 spiro atoms. The third-order valence-electron chi connectivity index (χ3n) is 3.17. The van der Waals surface area contributed by atoms with E-state index in [9.17, 15) is 8.42 Å². The lowest BCUT2D eigenvalue weighted by Gasteiger charge is -2.25. The van der Waals surface area contributed by atoms with Crippen LogP contribution in [-0.4, -0.2) is 43.6 Å². The molecule has 2 atom stereocenters. The summed E-state index contributed by atoms with van der Waals surface area (Å²) in [4.78, 5) is 0. The molecule has 98 valence electrons. The van der Waals surface area contributed by atoms with Crippen LogP contribution in [0.3, 0.4) is 0 Å². The van der Waals surface area contributed by atoms with Gasteiger partial charge in [-0.05, 0) is 25.8 Å². The van der Waals surface area contributed by atoms with Gasteiger partial charge in [0.1, 0.15) is 0 Å². The van der Waals surface area contributed by atoms with Crippen LogP contribution < -0.4 is 5.32 Å². The second-order valence-corrected chi connectivity index (χ2v) is 6.43. The first-order chi connectivity index (χ1) is 8.06. The molecule has 1 fully saturated rings. The van der Waals surface area contributed by atoms with Gasteiger partial charge in [-0.25, -0.2) is 8.42 Å². The monoisotopic (exact) mass is 259 g/mol. The van der Waals surface area contributed by atoms with Gasteiger partial charge in [0.05, 0.1) is 6.07 Å². The van der Waals surface area contributed by atoms with Gasteiger partial charge in [0.15, 0.2) is 5.25 Å². The zero-order valence-corrected chi connectivity index (χ0v) is 11.3. The molecule has 0 aromatic carbocycles. The Morgan fingerprint density at radius 3 is 2.65 bits per heavy atom. The maximum atomic E-state index is 12.2. The Balaban J connectivity index is 2.74. The third-order valence-corrected chi connectivity index (χ3v) is 5.46. The predicted molar refractivity (Wildman–Crippen MR) is 66.9 cm³/mol. The molecule has 1 aliphatic rings. The van der Waals surface area contributed by atoms with Gasteiger partial charge in [-0.1, -0.05) is 13.8 Å². The Morgan fingerprint density at radius 2 is 2.24 bits per heavy atom. The highest BCUT2D eigenvalue weighted by molar-refractivity contribution is 7.90. The van der Waals surface area contributed by atoms with Crippen LogP contribution in [0, 0.1) is 11.3 Å². The number of likely N-dealkylation sites (N-methyl/N-ethyl adjacent to an activating group) is 1. The van der Waals surface area contributed by atoms with Gasteiger partial charge >= 0.3 is 0 Å². The van der Waals surface area contributed by atoms with Crippen molar-refractivity contribution in [2.24, 2.45) is 0 Å². The summed E-state index contributed by atoms with van der Waals surface area (Å²) in [5.74, 6) is 0. The Bertz CT molecular complexity index is 369. The first-order valence-corrected chi connectivity index (χ1v) is 7.68. The van der Waals surface area contributed by atoms with E-state index in [2.05, 4.69) is 5.32 Å². The van der Waals surface area contributed by atoms with Crippen molar-refractivity contribution in [3.8, 4) is 6.07 Å². The maximum Gasteiger partial charge on any atom is 0.230 e. The lowest BCUT2D eigenvalue weighted by Crippen LogP contribution is -2.44. The highest BCUT2D eigenvalue weighted by Gasteiger charge is 2.31. The van der Waals surface area contributed by atoms with E-state index in [4.69, 9.17) is 5.26 Å². The maximum absolute atomic E-state index is 12.2. The molecule has 1 aliphatic heterocycles. The summed E-state index contributed by atoms with van der Waals surface area (Å²) in [6, 6.07) is 2.12. The van der Waals surface area contributed by atoms with Crippen molar-refractivity contribution in [2.45, 2.75) is 44.4 Å². The van der Waals surface area contributed by atoms with Gasteiger partial charge in [-0.2, -0.15) is 9.57 Å². The Morgan fingerprint density at radius 1 is 1.53 bits per heavy atom. The number of sulfonamides is 1. The normalized spacial score (nSPS) is 22.6. The van der Waals surface area contributed by atoms with Crippen molar-refractivity contribution in [3.05, 3.63) is 0 Å². The lowest BCUT2D eigenvalue weighted by molar-refractivity contribution is 0.379. The largest absolute Gasteiger partial charge is 0.313 e. The van der Waals surface area contributed by atoms with E-state index >= 15 is 0 Å². The van der Waals surface area contributed by atoms with Crippen LogP contribution in [0.2, 0.25) is 0 Å². The number of hydrogen-bond acceptors (Lipinski definition) is 4. The average molecular weight is 259 g/mol. The van der Waals surface area contributed by atoms with Crippen LogP contribution in [0.25, 0.3) is 0 Å². The molecule has 0 radical (unpaired) electrons. The summed E-state index contributed by atoms with van der Waals surface area (Å²) in [6.45, 7) is 5.41. The summed E-state index contributed by atoms with van der Waals surface area (Å²) < 4.78 is 25.8. The van der Waals surface area contributed by atoms with Gasteiger partial charge in [-0.3, -0.25) is 0 Å². The molecule has 1 rings (SSSR count). The second-order valence-electron chi connectivity index (χ2n) is 4.31. The van der Waals surface area contributed by atoms with Crippen LogP contribution in [-0.2, 0) is 10.0 Å².